The van der Waals surface area contributed by atoms with E-state index in [9.17, 15) is 4.79 Å². The normalized spacial score (nSPS) is 14.9. The molecule has 0 radical (unpaired) electrons. The molecule has 3 aromatic rings. The molecule has 29 heavy (non-hydrogen) atoms. The Labute approximate surface area is 175 Å². The predicted molar refractivity (Wildman–Crippen MR) is 117 cm³/mol. The fourth-order valence-electron chi connectivity index (χ4n) is 3.91. The molecule has 1 saturated heterocycles. The fourth-order valence-corrected chi connectivity index (χ4v) is 4.10. The van der Waals surface area contributed by atoms with E-state index in [2.05, 4.69) is 15.9 Å². The predicted octanol–water partition coefficient (Wildman–Crippen LogP) is 3.16. The van der Waals surface area contributed by atoms with E-state index in [-0.39, 0.29) is 5.56 Å². The zero-order chi connectivity index (χ0) is 20.4. The summed E-state index contributed by atoms with van der Waals surface area (Å²) in [6.07, 6.45) is 0. The van der Waals surface area contributed by atoms with E-state index in [1.54, 1.807) is 11.8 Å². The third-order valence-electron chi connectivity index (χ3n) is 5.46. The number of nitrogens with zero attached hydrogens (tertiary/aromatic N) is 4. The molecule has 0 unspecified atom stereocenters. The summed E-state index contributed by atoms with van der Waals surface area (Å²) in [5.41, 5.74) is 2.74. The molecule has 4 rings (SSSR count). The molecule has 7 heteroatoms. The Hall–Kier alpha value is -2.70. The van der Waals surface area contributed by atoms with Crippen LogP contribution in [0.1, 0.15) is 5.69 Å². The fraction of sp³-hybridized carbons (Fsp3) is 0.318. The Bertz CT molecular complexity index is 1040. The SMILES string of the molecule is COc1c(CN2CCN(c3cccc(Cl)c3)CC2)n(C)n(-c2ccccc2)c1=O. The Morgan fingerprint density at radius 1 is 0.966 bits per heavy atom. The monoisotopic (exact) mass is 412 g/mol. The van der Waals surface area contributed by atoms with Crippen LogP contribution in [0.4, 0.5) is 5.69 Å². The molecule has 1 aliphatic heterocycles. The summed E-state index contributed by atoms with van der Waals surface area (Å²) in [6.45, 7) is 4.30. The highest BCUT2D eigenvalue weighted by atomic mass is 35.5. The van der Waals surface area contributed by atoms with E-state index in [0.29, 0.717) is 12.3 Å². The number of ether oxygens (including phenoxy) is 1. The van der Waals surface area contributed by atoms with Crippen LogP contribution in [0.25, 0.3) is 5.69 Å². The quantitative estimate of drug-likeness (QED) is 0.645. The molecule has 0 spiro atoms. The van der Waals surface area contributed by atoms with Gasteiger partial charge in [-0.2, -0.15) is 0 Å². The molecule has 6 nitrogen and oxygen atoms in total. The molecule has 1 aromatic heterocycles. The van der Waals surface area contributed by atoms with Crippen molar-refractivity contribution < 1.29 is 4.74 Å². The lowest BCUT2D eigenvalue weighted by atomic mass is 10.2. The van der Waals surface area contributed by atoms with Crippen LogP contribution in [0, 0.1) is 0 Å². The summed E-state index contributed by atoms with van der Waals surface area (Å²) in [4.78, 5) is 17.6. The van der Waals surface area contributed by atoms with E-state index in [1.165, 1.54) is 0 Å². The first-order chi connectivity index (χ1) is 14.1. The molecule has 0 atom stereocenters. The number of anilines is 1. The second-order valence-corrected chi connectivity index (χ2v) is 7.64. The maximum atomic E-state index is 12.9. The van der Waals surface area contributed by atoms with E-state index in [4.69, 9.17) is 16.3 Å². The minimum atomic E-state index is -0.131. The first-order valence-electron chi connectivity index (χ1n) is 9.71. The van der Waals surface area contributed by atoms with Gasteiger partial charge in [0.15, 0.2) is 0 Å². The van der Waals surface area contributed by atoms with Gasteiger partial charge in [-0.25, -0.2) is 4.68 Å². The van der Waals surface area contributed by atoms with Gasteiger partial charge in [-0.05, 0) is 30.3 Å². The average Bonchev–Trinajstić information content (AvgIpc) is 2.98. The highest BCUT2D eigenvalue weighted by molar-refractivity contribution is 6.30. The summed E-state index contributed by atoms with van der Waals surface area (Å²) in [6, 6.07) is 17.6. The Morgan fingerprint density at radius 3 is 2.31 bits per heavy atom. The Morgan fingerprint density at radius 2 is 1.66 bits per heavy atom. The van der Waals surface area contributed by atoms with Crippen molar-refractivity contribution in [1.29, 1.82) is 0 Å². The molecule has 0 aliphatic carbocycles. The number of hydrogen-bond donors (Lipinski definition) is 0. The number of piperazine rings is 1. The third-order valence-corrected chi connectivity index (χ3v) is 5.70. The van der Waals surface area contributed by atoms with E-state index in [0.717, 1.165) is 48.3 Å². The van der Waals surface area contributed by atoms with Crippen LogP contribution in [-0.4, -0.2) is 47.6 Å². The minimum Gasteiger partial charge on any atom is -0.490 e. The smallest absolute Gasteiger partial charge is 0.314 e. The van der Waals surface area contributed by atoms with Crippen molar-refractivity contribution in [2.75, 3.05) is 38.2 Å². The largest absolute Gasteiger partial charge is 0.490 e. The second-order valence-electron chi connectivity index (χ2n) is 7.20. The average molecular weight is 413 g/mol. The summed E-state index contributed by atoms with van der Waals surface area (Å²) in [7, 11) is 3.47. The Kier molecular flexibility index (Phi) is 5.65. The molecule has 1 fully saturated rings. The van der Waals surface area contributed by atoms with Gasteiger partial charge in [0.05, 0.1) is 18.5 Å². The number of halogens is 1. The number of para-hydroxylation sites is 1. The molecular formula is C22H25ClN4O2. The summed E-state index contributed by atoms with van der Waals surface area (Å²) < 4.78 is 9.06. The van der Waals surface area contributed by atoms with Crippen molar-refractivity contribution in [1.82, 2.24) is 14.3 Å². The summed E-state index contributed by atoms with van der Waals surface area (Å²) in [5.74, 6) is 0.411. The molecule has 0 bridgehead atoms. The zero-order valence-electron chi connectivity index (χ0n) is 16.7. The number of methoxy groups -OCH3 is 1. The van der Waals surface area contributed by atoms with Gasteiger partial charge in [0.25, 0.3) is 0 Å². The van der Waals surface area contributed by atoms with Gasteiger partial charge in [0.1, 0.15) is 0 Å². The second kappa shape index (κ2) is 8.35. The van der Waals surface area contributed by atoms with Crippen molar-refractivity contribution in [2.24, 2.45) is 7.05 Å². The molecule has 0 N–H and O–H groups in total. The van der Waals surface area contributed by atoms with Crippen molar-refractivity contribution in [3.63, 3.8) is 0 Å². The van der Waals surface area contributed by atoms with Crippen molar-refractivity contribution in [3.8, 4) is 11.4 Å². The topological polar surface area (TPSA) is 42.6 Å². The van der Waals surface area contributed by atoms with Crippen LogP contribution in [0.15, 0.2) is 59.4 Å². The zero-order valence-corrected chi connectivity index (χ0v) is 17.5. The maximum absolute atomic E-state index is 12.9. The molecule has 152 valence electrons. The lowest BCUT2D eigenvalue weighted by molar-refractivity contribution is 0.239. The van der Waals surface area contributed by atoms with Crippen molar-refractivity contribution in [3.05, 3.63) is 75.7 Å². The highest BCUT2D eigenvalue weighted by Crippen LogP contribution is 2.23. The Balaban J connectivity index is 1.53. The van der Waals surface area contributed by atoms with Crippen LogP contribution < -0.4 is 15.2 Å². The van der Waals surface area contributed by atoms with Gasteiger partial charge < -0.3 is 9.64 Å². The first kappa shape index (κ1) is 19.6. The van der Waals surface area contributed by atoms with Crippen molar-refractivity contribution in [2.45, 2.75) is 6.54 Å². The van der Waals surface area contributed by atoms with Gasteiger partial charge in [-0.3, -0.25) is 14.4 Å². The molecule has 2 heterocycles. The van der Waals surface area contributed by atoms with E-state index >= 15 is 0 Å². The van der Waals surface area contributed by atoms with Crippen LogP contribution in [0.3, 0.4) is 0 Å². The van der Waals surface area contributed by atoms with Gasteiger partial charge in [0, 0.05) is 50.5 Å². The van der Waals surface area contributed by atoms with Crippen LogP contribution in [0.5, 0.6) is 5.75 Å². The standard InChI is InChI=1S/C22H25ClN4O2/c1-24-20(21(29-2)22(28)27(24)18-8-4-3-5-9-18)16-25-11-13-26(14-12-25)19-10-6-7-17(23)15-19/h3-10,15H,11-14,16H2,1-2H3. The van der Waals surface area contributed by atoms with Gasteiger partial charge in [0.2, 0.25) is 5.75 Å². The van der Waals surface area contributed by atoms with Crippen LogP contribution in [0.2, 0.25) is 5.02 Å². The lowest BCUT2D eigenvalue weighted by Crippen LogP contribution is -2.46. The number of rotatable bonds is 5. The lowest BCUT2D eigenvalue weighted by Gasteiger charge is -2.36. The van der Waals surface area contributed by atoms with Gasteiger partial charge >= 0.3 is 5.56 Å². The van der Waals surface area contributed by atoms with E-state index in [1.807, 2.05) is 60.3 Å². The number of hydrogen-bond acceptors (Lipinski definition) is 4. The number of aromatic nitrogens is 2. The highest BCUT2D eigenvalue weighted by Gasteiger charge is 2.24. The van der Waals surface area contributed by atoms with Crippen LogP contribution in [-0.2, 0) is 13.6 Å². The molecule has 1 aliphatic rings. The molecule has 0 amide bonds. The molecule has 0 saturated carbocycles. The van der Waals surface area contributed by atoms with Crippen LogP contribution >= 0.6 is 11.6 Å². The molecule has 2 aromatic carbocycles. The van der Waals surface area contributed by atoms with E-state index < -0.39 is 0 Å². The molecular weight excluding hydrogens is 388 g/mol. The van der Waals surface area contributed by atoms with Crippen molar-refractivity contribution >= 4 is 17.3 Å². The summed E-state index contributed by atoms with van der Waals surface area (Å²) in [5, 5.41) is 0.756. The first-order valence-corrected chi connectivity index (χ1v) is 10.1. The van der Waals surface area contributed by atoms with Gasteiger partial charge in [-0.1, -0.05) is 35.9 Å². The van der Waals surface area contributed by atoms with Gasteiger partial charge in [-0.15, -0.1) is 0 Å². The summed E-state index contributed by atoms with van der Waals surface area (Å²) >= 11 is 6.13. The number of benzene rings is 2. The maximum Gasteiger partial charge on any atom is 0.314 e. The minimum absolute atomic E-state index is 0.131. The third kappa shape index (κ3) is 3.91.